The fourth-order valence-electron chi connectivity index (χ4n) is 1.16. The Labute approximate surface area is 90.9 Å². The standard InChI is InChI=1S/C12H18NO2/c1-12(2,14)7-8-15-11-6-4-3-5-10(11)9-13/h3-4,6,14H,7-9,13H2,1-2H3. The van der Waals surface area contributed by atoms with Gasteiger partial charge in [-0.05, 0) is 26.0 Å². The predicted molar refractivity (Wildman–Crippen MR) is 59.6 cm³/mol. The van der Waals surface area contributed by atoms with Gasteiger partial charge < -0.3 is 15.6 Å². The Morgan fingerprint density at radius 1 is 1.53 bits per heavy atom. The van der Waals surface area contributed by atoms with Crippen LogP contribution in [0, 0.1) is 6.07 Å². The lowest BCUT2D eigenvalue weighted by Crippen LogP contribution is -2.22. The fraction of sp³-hybridized carbons (Fsp3) is 0.500. The molecule has 1 radical (unpaired) electrons. The van der Waals surface area contributed by atoms with Crippen molar-refractivity contribution in [3.8, 4) is 5.75 Å². The van der Waals surface area contributed by atoms with Crippen LogP contribution in [-0.2, 0) is 6.54 Å². The second kappa shape index (κ2) is 5.14. The Morgan fingerprint density at radius 2 is 2.27 bits per heavy atom. The molecule has 0 unspecified atom stereocenters. The van der Waals surface area contributed by atoms with Gasteiger partial charge in [-0.2, -0.15) is 0 Å². The van der Waals surface area contributed by atoms with E-state index in [1.165, 1.54) is 0 Å². The van der Waals surface area contributed by atoms with Crippen molar-refractivity contribution in [1.29, 1.82) is 0 Å². The number of benzene rings is 1. The van der Waals surface area contributed by atoms with E-state index in [4.69, 9.17) is 10.5 Å². The van der Waals surface area contributed by atoms with Gasteiger partial charge in [0.1, 0.15) is 5.75 Å². The zero-order valence-corrected chi connectivity index (χ0v) is 9.29. The van der Waals surface area contributed by atoms with Crippen molar-refractivity contribution in [1.82, 2.24) is 0 Å². The molecular formula is C12H18NO2. The molecule has 83 valence electrons. The molecule has 0 aliphatic heterocycles. The van der Waals surface area contributed by atoms with Gasteiger partial charge in [0.05, 0.1) is 12.2 Å². The maximum atomic E-state index is 9.51. The lowest BCUT2D eigenvalue weighted by Gasteiger charge is -2.17. The van der Waals surface area contributed by atoms with Crippen LogP contribution in [0.2, 0.25) is 0 Å². The predicted octanol–water partition coefficient (Wildman–Crippen LogP) is 1.49. The molecule has 1 aromatic rings. The van der Waals surface area contributed by atoms with Crippen molar-refractivity contribution in [3.05, 3.63) is 29.8 Å². The van der Waals surface area contributed by atoms with E-state index >= 15 is 0 Å². The topological polar surface area (TPSA) is 55.5 Å². The van der Waals surface area contributed by atoms with Gasteiger partial charge in [0.25, 0.3) is 0 Å². The van der Waals surface area contributed by atoms with Crippen LogP contribution in [-0.4, -0.2) is 17.3 Å². The molecule has 0 aliphatic rings. The molecule has 1 rings (SSSR count). The lowest BCUT2D eigenvalue weighted by atomic mass is 10.1. The Balaban J connectivity index is 2.50. The van der Waals surface area contributed by atoms with Crippen molar-refractivity contribution in [2.75, 3.05) is 6.61 Å². The quantitative estimate of drug-likeness (QED) is 0.770. The number of ether oxygens (including phenoxy) is 1. The molecule has 3 nitrogen and oxygen atoms in total. The third-order valence-electron chi connectivity index (χ3n) is 2.07. The first-order valence-electron chi connectivity index (χ1n) is 5.08. The zero-order valence-electron chi connectivity index (χ0n) is 9.29. The summed E-state index contributed by atoms with van der Waals surface area (Å²) >= 11 is 0. The molecular weight excluding hydrogens is 190 g/mol. The molecule has 0 aliphatic carbocycles. The largest absolute Gasteiger partial charge is 0.493 e. The van der Waals surface area contributed by atoms with Crippen LogP contribution in [0.15, 0.2) is 18.2 Å². The summed E-state index contributed by atoms with van der Waals surface area (Å²) in [5.74, 6) is 0.754. The maximum Gasteiger partial charge on any atom is 0.124 e. The first kappa shape index (κ1) is 12.0. The van der Waals surface area contributed by atoms with Gasteiger partial charge in [0.15, 0.2) is 0 Å². The summed E-state index contributed by atoms with van der Waals surface area (Å²) in [5.41, 5.74) is 5.72. The Kier molecular flexibility index (Phi) is 4.12. The van der Waals surface area contributed by atoms with E-state index in [9.17, 15) is 5.11 Å². The molecule has 0 saturated carbocycles. The van der Waals surface area contributed by atoms with Crippen molar-refractivity contribution in [2.45, 2.75) is 32.4 Å². The monoisotopic (exact) mass is 208 g/mol. The summed E-state index contributed by atoms with van der Waals surface area (Å²) in [4.78, 5) is 0. The molecule has 3 N–H and O–H groups in total. The highest BCUT2D eigenvalue weighted by molar-refractivity contribution is 5.31. The minimum Gasteiger partial charge on any atom is -0.493 e. The minimum absolute atomic E-state index is 0.415. The number of rotatable bonds is 5. The van der Waals surface area contributed by atoms with Crippen LogP contribution in [0.3, 0.4) is 0 Å². The normalized spacial score (nSPS) is 11.5. The van der Waals surface area contributed by atoms with Crippen molar-refractivity contribution in [3.63, 3.8) is 0 Å². The average molecular weight is 208 g/mol. The zero-order chi connectivity index (χ0) is 11.3. The van der Waals surface area contributed by atoms with Gasteiger partial charge >= 0.3 is 0 Å². The third kappa shape index (κ3) is 4.32. The Morgan fingerprint density at radius 3 is 2.87 bits per heavy atom. The summed E-state index contributed by atoms with van der Waals surface area (Å²) < 4.78 is 5.53. The molecule has 3 heteroatoms. The number of hydrogen-bond acceptors (Lipinski definition) is 3. The van der Waals surface area contributed by atoms with Gasteiger partial charge in [-0.1, -0.05) is 12.1 Å². The Bertz CT molecular complexity index is 305. The van der Waals surface area contributed by atoms with E-state index in [0.717, 1.165) is 11.3 Å². The molecule has 0 heterocycles. The molecule has 0 atom stereocenters. The van der Waals surface area contributed by atoms with Crippen LogP contribution >= 0.6 is 0 Å². The van der Waals surface area contributed by atoms with Crippen LogP contribution in [0.5, 0.6) is 5.75 Å². The summed E-state index contributed by atoms with van der Waals surface area (Å²) in [5, 5.41) is 9.51. The van der Waals surface area contributed by atoms with E-state index in [-0.39, 0.29) is 0 Å². The molecule has 0 saturated heterocycles. The SMILES string of the molecule is CC(C)(O)CCOc1ccc[c]c1CN. The van der Waals surface area contributed by atoms with Crippen LogP contribution in [0.25, 0.3) is 0 Å². The molecule has 0 amide bonds. The first-order chi connectivity index (χ1) is 7.03. The molecule has 15 heavy (non-hydrogen) atoms. The Hall–Kier alpha value is -1.06. The smallest absolute Gasteiger partial charge is 0.124 e. The van der Waals surface area contributed by atoms with Gasteiger partial charge in [0.2, 0.25) is 0 Å². The molecule has 0 spiro atoms. The lowest BCUT2D eigenvalue weighted by molar-refractivity contribution is 0.0552. The molecule has 0 aromatic heterocycles. The van der Waals surface area contributed by atoms with E-state index < -0.39 is 5.60 Å². The van der Waals surface area contributed by atoms with Gasteiger partial charge in [0, 0.05) is 18.5 Å². The van der Waals surface area contributed by atoms with Gasteiger partial charge in [-0.15, -0.1) is 0 Å². The molecule has 1 aromatic carbocycles. The van der Waals surface area contributed by atoms with Crippen molar-refractivity contribution < 1.29 is 9.84 Å². The van der Waals surface area contributed by atoms with E-state index in [2.05, 4.69) is 6.07 Å². The number of nitrogens with two attached hydrogens (primary N) is 1. The first-order valence-corrected chi connectivity index (χ1v) is 5.08. The summed E-state index contributed by atoms with van der Waals surface area (Å²) in [6.07, 6.45) is 0.589. The second-order valence-corrected chi connectivity index (χ2v) is 4.13. The summed E-state index contributed by atoms with van der Waals surface area (Å²) in [6.45, 7) is 4.42. The fourth-order valence-corrected chi connectivity index (χ4v) is 1.16. The highest BCUT2D eigenvalue weighted by atomic mass is 16.5. The van der Waals surface area contributed by atoms with E-state index in [1.54, 1.807) is 13.8 Å². The maximum absolute atomic E-state index is 9.51. The highest BCUT2D eigenvalue weighted by Gasteiger charge is 2.12. The third-order valence-corrected chi connectivity index (χ3v) is 2.07. The van der Waals surface area contributed by atoms with Crippen molar-refractivity contribution >= 4 is 0 Å². The average Bonchev–Trinajstić information content (AvgIpc) is 2.16. The highest BCUT2D eigenvalue weighted by Crippen LogP contribution is 2.17. The summed E-state index contributed by atoms with van der Waals surface area (Å²) in [6, 6.07) is 8.56. The van der Waals surface area contributed by atoms with E-state index in [0.29, 0.717) is 19.6 Å². The molecule has 0 bridgehead atoms. The van der Waals surface area contributed by atoms with E-state index in [1.807, 2.05) is 18.2 Å². The van der Waals surface area contributed by atoms with Gasteiger partial charge in [-0.3, -0.25) is 0 Å². The summed E-state index contributed by atoms with van der Waals surface area (Å²) in [7, 11) is 0. The van der Waals surface area contributed by atoms with Gasteiger partial charge in [-0.25, -0.2) is 0 Å². The number of aliphatic hydroxyl groups is 1. The van der Waals surface area contributed by atoms with Crippen LogP contribution in [0.1, 0.15) is 25.8 Å². The van der Waals surface area contributed by atoms with Crippen LogP contribution in [0.4, 0.5) is 0 Å². The second-order valence-electron chi connectivity index (χ2n) is 4.13. The van der Waals surface area contributed by atoms with Crippen molar-refractivity contribution in [2.24, 2.45) is 5.73 Å². The van der Waals surface area contributed by atoms with Crippen LogP contribution < -0.4 is 10.5 Å². The molecule has 0 fully saturated rings. The minimum atomic E-state index is -0.693. The number of hydrogen-bond donors (Lipinski definition) is 2.